The van der Waals surface area contributed by atoms with Crippen LogP contribution in [-0.4, -0.2) is 40.5 Å². The lowest BCUT2D eigenvalue weighted by Crippen LogP contribution is -2.27. The Bertz CT molecular complexity index is 782. The van der Waals surface area contributed by atoms with E-state index in [-0.39, 0.29) is 11.4 Å². The van der Waals surface area contributed by atoms with E-state index in [9.17, 15) is 20.0 Å². The highest BCUT2D eigenvalue weighted by Crippen LogP contribution is 2.39. The van der Waals surface area contributed by atoms with Gasteiger partial charge in [-0.1, -0.05) is 0 Å². The van der Waals surface area contributed by atoms with Crippen molar-refractivity contribution in [2.45, 2.75) is 44.8 Å². The minimum atomic E-state index is -1.17. The lowest BCUT2D eigenvalue weighted by Gasteiger charge is -2.29. The zero-order valence-corrected chi connectivity index (χ0v) is 15.4. The van der Waals surface area contributed by atoms with E-state index in [4.69, 9.17) is 15.2 Å². The molecule has 0 bridgehead atoms. The molecule has 0 radical (unpaired) electrons. The summed E-state index contributed by atoms with van der Waals surface area (Å²) in [6, 6.07) is 4.21. The zero-order valence-electron chi connectivity index (χ0n) is 15.4. The number of aliphatic hydroxyl groups is 1. The lowest BCUT2D eigenvalue weighted by molar-refractivity contribution is -0.385. The van der Waals surface area contributed by atoms with E-state index in [0.717, 1.165) is 12.4 Å². The SMILES string of the molecule is CC(C)(C)OC(=O)/C=N/C(=C\N)C(O)C1CCOc2ccc([N+](=O)[O-])cc21. The van der Waals surface area contributed by atoms with Gasteiger partial charge in [0.1, 0.15) is 23.7 Å². The van der Waals surface area contributed by atoms with Crippen LogP contribution >= 0.6 is 0 Å². The smallest absolute Gasteiger partial charge is 0.349 e. The number of nitrogens with zero attached hydrogens (tertiary/aromatic N) is 2. The second kappa shape index (κ2) is 8.17. The van der Waals surface area contributed by atoms with Gasteiger partial charge in [-0.2, -0.15) is 0 Å². The highest BCUT2D eigenvalue weighted by atomic mass is 16.6. The molecular formula is C18H23N3O6. The Hall–Kier alpha value is -2.94. The van der Waals surface area contributed by atoms with Gasteiger partial charge in [-0.15, -0.1) is 0 Å². The maximum atomic E-state index is 11.8. The molecule has 9 heteroatoms. The van der Waals surface area contributed by atoms with Crippen LogP contribution in [0.25, 0.3) is 0 Å². The largest absolute Gasteiger partial charge is 0.493 e. The van der Waals surface area contributed by atoms with Gasteiger partial charge in [0.05, 0.1) is 17.2 Å². The van der Waals surface area contributed by atoms with E-state index in [1.807, 2.05) is 0 Å². The van der Waals surface area contributed by atoms with Crippen LogP contribution in [0.2, 0.25) is 0 Å². The number of non-ortho nitro benzene ring substituents is 1. The van der Waals surface area contributed by atoms with Gasteiger partial charge in [0.2, 0.25) is 0 Å². The van der Waals surface area contributed by atoms with E-state index < -0.39 is 28.5 Å². The van der Waals surface area contributed by atoms with Crippen LogP contribution in [0.4, 0.5) is 5.69 Å². The average Bonchev–Trinajstić information content (AvgIpc) is 2.59. The number of hydrogen-bond acceptors (Lipinski definition) is 8. The summed E-state index contributed by atoms with van der Waals surface area (Å²) in [6.45, 7) is 5.50. The van der Waals surface area contributed by atoms with Crippen molar-refractivity contribution in [1.29, 1.82) is 0 Å². The first kappa shape index (κ1) is 20.4. The van der Waals surface area contributed by atoms with E-state index in [1.54, 1.807) is 20.8 Å². The van der Waals surface area contributed by atoms with Crippen LogP contribution in [0.5, 0.6) is 5.75 Å². The summed E-state index contributed by atoms with van der Waals surface area (Å²) in [5, 5.41) is 21.8. The molecule has 0 aliphatic carbocycles. The lowest BCUT2D eigenvalue weighted by atomic mass is 9.86. The molecule has 2 unspecified atom stereocenters. The first-order valence-corrected chi connectivity index (χ1v) is 8.40. The molecule has 1 aliphatic heterocycles. The van der Waals surface area contributed by atoms with Crippen molar-refractivity contribution in [3.8, 4) is 5.75 Å². The molecule has 1 aromatic carbocycles. The molecule has 3 N–H and O–H groups in total. The quantitative estimate of drug-likeness (QED) is 0.346. The van der Waals surface area contributed by atoms with Gasteiger partial charge >= 0.3 is 5.97 Å². The maximum Gasteiger partial charge on any atom is 0.349 e. The molecule has 2 rings (SSSR count). The third-order valence-electron chi connectivity index (χ3n) is 3.87. The summed E-state index contributed by atoms with van der Waals surface area (Å²) in [6.07, 6.45) is 1.28. The van der Waals surface area contributed by atoms with Crippen LogP contribution in [-0.2, 0) is 9.53 Å². The molecule has 0 aromatic heterocycles. The predicted octanol–water partition coefficient (Wildman–Crippen LogP) is 2.03. The Kier molecular flexibility index (Phi) is 6.17. The Balaban J connectivity index is 2.24. The monoisotopic (exact) mass is 377 g/mol. The van der Waals surface area contributed by atoms with Crippen molar-refractivity contribution < 1.29 is 24.3 Å². The molecule has 9 nitrogen and oxygen atoms in total. The average molecular weight is 377 g/mol. The van der Waals surface area contributed by atoms with Gasteiger partial charge in [-0.3, -0.25) is 10.1 Å². The normalized spacial score (nSPS) is 18.5. The van der Waals surface area contributed by atoms with E-state index in [2.05, 4.69) is 4.99 Å². The summed E-state index contributed by atoms with van der Waals surface area (Å²) in [5.41, 5.74) is 5.34. The predicted molar refractivity (Wildman–Crippen MR) is 98.6 cm³/mol. The number of benzene rings is 1. The van der Waals surface area contributed by atoms with Crippen molar-refractivity contribution in [2.75, 3.05) is 6.61 Å². The Labute approximate surface area is 156 Å². The number of esters is 1. The summed E-state index contributed by atoms with van der Waals surface area (Å²) >= 11 is 0. The number of carbonyl (C=O) groups is 1. The number of hydrogen-bond donors (Lipinski definition) is 2. The molecule has 27 heavy (non-hydrogen) atoms. The molecule has 1 aliphatic rings. The van der Waals surface area contributed by atoms with Crippen LogP contribution in [0, 0.1) is 10.1 Å². The summed E-state index contributed by atoms with van der Waals surface area (Å²) < 4.78 is 10.6. The molecular weight excluding hydrogens is 354 g/mol. The minimum Gasteiger partial charge on any atom is -0.493 e. The molecule has 146 valence electrons. The van der Waals surface area contributed by atoms with Crippen LogP contribution in [0.15, 0.2) is 35.1 Å². The number of aliphatic imine (C=N–C) groups is 1. The highest BCUT2D eigenvalue weighted by Gasteiger charge is 2.31. The molecule has 0 saturated carbocycles. The molecule has 1 heterocycles. The third-order valence-corrected chi connectivity index (χ3v) is 3.87. The number of fused-ring (bicyclic) bond motifs is 1. The molecule has 0 spiro atoms. The number of carbonyl (C=O) groups excluding carboxylic acids is 1. The van der Waals surface area contributed by atoms with Crippen LogP contribution in [0.1, 0.15) is 38.7 Å². The van der Waals surface area contributed by atoms with Crippen LogP contribution in [0.3, 0.4) is 0 Å². The summed E-state index contributed by atoms with van der Waals surface area (Å²) in [4.78, 5) is 26.2. The fourth-order valence-electron chi connectivity index (χ4n) is 2.73. The number of rotatable bonds is 5. The second-order valence-electron chi connectivity index (χ2n) is 7.05. The van der Waals surface area contributed by atoms with Crippen molar-refractivity contribution in [1.82, 2.24) is 0 Å². The second-order valence-corrected chi connectivity index (χ2v) is 7.05. The van der Waals surface area contributed by atoms with Crippen molar-refractivity contribution in [2.24, 2.45) is 10.7 Å². The van der Waals surface area contributed by atoms with Gasteiger partial charge in [0, 0.05) is 29.8 Å². The Morgan fingerprint density at radius 1 is 1.52 bits per heavy atom. The number of ether oxygens (including phenoxy) is 2. The minimum absolute atomic E-state index is 0.0604. The molecule has 0 saturated heterocycles. The maximum absolute atomic E-state index is 11.8. The third kappa shape index (κ3) is 5.27. The van der Waals surface area contributed by atoms with E-state index in [1.165, 1.54) is 18.2 Å². The number of aliphatic hydroxyl groups excluding tert-OH is 1. The number of nitrogens with two attached hydrogens (primary N) is 1. The Morgan fingerprint density at radius 2 is 2.22 bits per heavy atom. The van der Waals surface area contributed by atoms with Crippen LogP contribution < -0.4 is 10.5 Å². The standard InChI is InChI=1S/C18H23N3O6/c1-18(2,3)27-16(22)10-20-14(9-19)17(23)12-6-7-26-15-5-4-11(21(24)25)8-13(12)15/h4-5,8-10,12,17,23H,6-7,19H2,1-3H3/b14-9-,20-10+. The first-order chi connectivity index (χ1) is 12.6. The number of nitro benzene ring substituents is 1. The van der Waals surface area contributed by atoms with E-state index in [0.29, 0.717) is 24.3 Å². The van der Waals surface area contributed by atoms with Crippen molar-refractivity contribution >= 4 is 17.9 Å². The molecule has 2 atom stereocenters. The molecule has 0 fully saturated rings. The van der Waals surface area contributed by atoms with E-state index >= 15 is 0 Å². The summed E-state index contributed by atoms with van der Waals surface area (Å²) in [5.74, 6) is -0.723. The van der Waals surface area contributed by atoms with Gasteiger partial charge in [-0.05, 0) is 33.3 Å². The van der Waals surface area contributed by atoms with Gasteiger partial charge in [0.15, 0.2) is 0 Å². The van der Waals surface area contributed by atoms with Crippen molar-refractivity contribution in [3.63, 3.8) is 0 Å². The van der Waals surface area contributed by atoms with Gasteiger partial charge < -0.3 is 20.3 Å². The fraction of sp³-hybridized carbons (Fsp3) is 0.444. The first-order valence-electron chi connectivity index (χ1n) is 8.40. The van der Waals surface area contributed by atoms with Gasteiger partial charge in [0.25, 0.3) is 5.69 Å². The molecule has 1 aromatic rings. The summed E-state index contributed by atoms with van der Waals surface area (Å²) in [7, 11) is 0. The Morgan fingerprint density at radius 3 is 2.81 bits per heavy atom. The fourth-order valence-corrected chi connectivity index (χ4v) is 2.73. The highest BCUT2D eigenvalue weighted by molar-refractivity contribution is 6.23. The van der Waals surface area contributed by atoms with Crippen molar-refractivity contribution in [3.05, 3.63) is 45.8 Å². The topological polar surface area (TPSA) is 137 Å². The van der Waals surface area contributed by atoms with Gasteiger partial charge in [-0.25, -0.2) is 9.79 Å². The molecule has 0 amide bonds. The zero-order chi connectivity index (χ0) is 20.2. The number of nitro groups is 1.